The van der Waals surface area contributed by atoms with E-state index >= 15 is 0 Å². The molecule has 1 rings (SSSR count). The minimum absolute atomic E-state index is 0.640. The summed E-state index contributed by atoms with van der Waals surface area (Å²) in [5.74, 6) is 0. The number of nitrogens with zero attached hydrogens (tertiary/aromatic N) is 2. The van der Waals surface area contributed by atoms with Crippen LogP contribution in [0.1, 0.15) is 181 Å². The van der Waals surface area contributed by atoms with E-state index < -0.39 is 0 Å². The highest BCUT2D eigenvalue weighted by Crippen LogP contribution is 2.23. The molecule has 0 aromatic carbocycles. The average Bonchev–Trinajstić information content (AvgIpc) is 3.24. The molecule has 2 nitrogen and oxygen atoms in total. The molecule has 1 aliphatic rings. The smallest absolute Gasteiger partial charge is 0.101 e. The predicted molar refractivity (Wildman–Crippen MR) is 159 cm³/mol. The summed E-state index contributed by atoms with van der Waals surface area (Å²) in [5.41, 5.74) is 0. The van der Waals surface area contributed by atoms with Crippen molar-refractivity contribution >= 4 is 0 Å². The molecule has 0 saturated carbocycles. The summed E-state index contributed by atoms with van der Waals surface area (Å²) < 4.78 is 0. The van der Waals surface area contributed by atoms with Gasteiger partial charge in [-0.3, -0.25) is 0 Å². The highest BCUT2D eigenvalue weighted by atomic mass is 15.4. The topological polar surface area (TPSA) is 6.48 Å². The fourth-order valence-corrected chi connectivity index (χ4v) is 5.72. The maximum atomic E-state index is 2.66. The third-order valence-corrected chi connectivity index (χ3v) is 8.03. The van der Waals surface area contributed by atoms with Gasteiger partial charge in [0.1, 0.15) is 6.17 Å². The molecule has 0 aromatic rings. The zero-order valence-electron chi connectivity index (χ0n) is 24.7. The molecule has 0 radical (unpaired) electrons. The van der Waals surface area contributed by atoms with E-state index in [0.29, 0.717) is 6.17 Å². The summed E-state index contributed by atoms with van der Waals surface area (Å²) >= 11 is 0. The number of unbranched alkanes of at least 4 members (excludes halogenated alkanes) is 21. The minimum atomic E-state index is 0.640. The van der Waals surface area contributed by atoms with Crippen molar-refractivity contribution in [3.8, 4) is 0 Å². The molecule has 1 atom stereocenters. The van der Waals surface area contributed by atoms with Crippen molar-refractivity contribution in [1.82, 2.24) is 9.80 Å². The lowest BCUT2D eigenvalue weighted by Crippen LogP contribution is -2.39. The van der Waals surface area contributed by atoms with E-state index in [9.17, 15) is 0 Å². The predicted octanol–water partition coefficient (Wildman–Crippen LogP) is 11.2. The SMILES string of the molecule is CCCCCCCCCCCCCCCCCC1N(CCC)C=CN1CCCCCCCCCC. The van der Waals surface area contributed by atoms with Crippen LogP contribution in [0.25, 0.3) is 0 Å². The first-order chi connectivity index (χ1) is 17.3. The zero-order valence-corrected chi connectivity index (χ0v) is 24.7. The van der Waals surface area contributed by atoms with Gasteiger partial charge >= 0.3 is 0 Å². The third kappa shape index (κ3) is 18.3. The Morgan fingerprint density at radius 2 is 0.714 bits per heavy atom. The van der Waals surface area contributed by atoms with Crippen LogP contribution in [0, 0.1) is 0 Å². The Hall–Kier alpha value is -0.660. The second kappa shape index (κ2) is 25.0. The van der Waals surface area contributed by atoms with E-state index in [1.807, 2.05) is 0 Å². The second-order valence-corrected chi connectivity index (χ2v) is 11.5. The first-order valence-corrected chi connectivity index (χ1v) is 16.5. The molecule has 0 spiro atoms. The van der Waals surface area contributed by atoms with Gasteiger partial charge in [0.15, 0.2) is 0 Å². The molecule has 208 valence electrons. The van der Waals surface area contributed by atoms with E-state index in [1.165, 1.54) is 174 Å². The van der Waals surface area contributed by atoms with Crippen LogP contribution < -0.4 is 0 Å². The van der Waals surface area contributed by atoms with Gasteiger partial charge in [0.05, 0.1) is 0 Å². The van der Waals surface area contributed by atoms with Crippen molar-refractivity contribution < 1.29 is 0 Å². The Labute approximate surface area is 222 Å². The summed E-state index contributed by atoms with van der Waals surface area (Å²) in [5, 5.41) is 0. The van der Waals surface area contributed by atoms with E-state index in [1.54, 1.807) is 0 Å². The average molecular weight is 491 g/mol. The standard InChI is InChI=1S/C33H66N2/c1-4-7-9-11-13-15-16-17-18-19-20-21-22-24-26-28-33-34(29-6-3)31-32-35(33)30-27-25-23-14-12-10-8-5-2/h31-33H,4-30H2,1-3H3. The first kappa shape index (κ1) is 32.4. The quantitative estimate of drug-likeness (QED) is 0.106. The van der Waals surface area contributed by atoms with Crippen molar-refractivity contribution in [1.29, 1.82) is 0 Å². The van der Waals surface area contributed by atoms with Gasteiger partial charge in [-0.1, -0.05) is 156 Å². The first-order valence-electron chi connectivity index (χ1n) is 16.5. The second-order valence-electron chi connectivity index (χ2n) is 11.5. The lowest BCUT2D eigenvalue weighted by molar-refractivity contribution is 0.137. The molecule has 35 heavy (non-hydrogen) atoms. The van der Waals surface area contributed by atoms with E-state index in [0.717, 1.165) is 0 Å². The Balaban J connectivity index is 2.01. The molecule has 0 saturated heterocycles. The van der Waals surface area contributed by atoms with E-state index in [4.69, 9.17) is 0 Å². The number of rotatable bonds is 27. The van der Waals surface area contributed by atoms with Crippen LogP contribution in [-0.2, 0) is 0 Å². The molecule has 0 bridgehead atoms. The summed E-state index contributed by atoms with van der Waals surface area (Å²) in [6.45, 7) is 9.41. The van der Waals surface area contributed by atoms with Gasteiger partial charge in [-0.05, 0) is 25.7 Å². The Kier molecular flexibility index (Phi) is 23.1. The molecule has 0 N–H and O–H groups in total. The number of hydrogen-bond acceptors (Lipinski definition) is 2. The van der Waals surface area contributed by atoms with Crippen molar-refractivity contribution in [2.45, 2.75) is 187 Å². The number of hydrogen-bond donors (Lipinski definition) is 0. The highest BCUT2D eigenvalue weighted by Gasteiger charge is 2.24. The molecule has 0 aromatic heterocycles. The fraction of sp³-hybridized carbons (Fsp3) is 0.939. The monoisotopic (exact) mass is 491 g/mol. The maximum Gasteiger partial charge on any atom is 0.101 e. The minimum Gasteiger partial charge on any atom is -0.356 e. The molecule has 0 fully saturated rings. The summed E-state index contributed by atoms with van der Waals surface area (Å²) in [4.78, 5) is 5.28. The Morgan fingerprint density at radius 1 is 0.371 bits per heavy atom. The summed E-state index contributed by atoms with van der Waals surface area (Å²) in [6.07, 6.45) is 41.1. The van der Waals surface area contributed by atoms with Crippen molar-refractivity contribution in [2.75, 3.05) is 13.1 Å². The van der Waals surface area contributed by atoms with E-state index in [-0.39, 0.29) is 0 Å². The van der Waals surface area contributed by atoms with Crippen LogP contribution in [0.5, 0.6) is 0 Å². The van der Waals surface area contributed by atoms with Gasteiger partial charge < -0.3 is 9.80 Å². The van der Waals surface area contributed by atoms with Gasteiger partial charge in [0.25, 0.3) is 0 Å². The molecular formula is C33H66N2. The molecule has 0 amide bonds. The van der Waals surface area contributed by atoms with E-state index in [2.05, 4.69) is 43.0 Å². The lowest BCUT2D eigenvalue weighted by atomic mass is 10.0. The largest absolute Gasteiger partial charge is 0.356 e. The summed E-state index contributed by atoms with van der Waals surface area (Å²) in [6, 6.07) is 0. The van der Waals surface area contributed by atoms with Crippen molar-refractivity contribution in [2.24, 2.45) is 0 Å². The van der Waals surface area contributed by atoms with Crippen molar-refractivity contribution in [3.63, 3.8) is 0 Å². The highest BCUT2D eigenvalue weighted by molar-refractivity contribution is 4.96. The van der Waals surface area contributed by atoms with Crippen LogP contribution in [0.4, 0.5) is 0 Å². The Bertz CT molecular complexity index is 446. The zero-order chi connectivity index (χ0) is 25.2. The van der Waals surface area contributed by atoms with Gasteiger partial charge in [-0.25, -0.2) is 0 Å². The molecular weight excluding hydrogens is 424 g/mol. The molecule has 1 heterocycles. The van der Waals surface area contributed by atoms with Gasteiger partial charge in [0.2, 0.25) is 0 Å². The normalized spacial score (nSPS) is 15.6. The lowest BCUT2D eigenvalue weighted by Gasteiger charge is -2.33. The van der Waals surface area contributed by atoms with Crippen LogP contribution in [-0.4, -0.2) is 29.1 Å². The van der Waals surface area contributed by atoms with Crippen molar-refractivity contribution in [3.05, 3.63) is 12.4 Å². The van der Waals surface area contributed by atoms with Gasteiger partial charge in [-0.2, -0.15) is 0 Å². The Morgan fingerprint density at radius 3 is 1.11 bits per heavy atom. The molecule has 2 heteroatoms. The fourth-order valence-electron chi connectivity index (χ4n) is 5.72. The van der Waals surface area contributed by atoms with Gasteiger partial charge in [0, 0.05) is 25.5 Å². The molecule has 0 aliphatic carbocycles. The molecule has 1 aliphatic heterocycles. The van der Waals surface area contributed by atoms with Crippen LogP contribution in [0.3, 0.4) is 0 Å². The van der Waals surface area contributed by atoms with Crippen LogP contribution in [0.2, 0.25) is 0 Å². The maximum absolute atomic E-state index is 2.66. The molecule has 1 unspecified atom stereocenters. The van der Waals surface area contributed by atoms with Crippen LogP contribution in [0.15, 0.2) is 12.4 Å². The summed E-state index contributed by atoms with van der Waals surface area (Å²) in [7, 11) is 0. The van der Waals surface area contributed by atoms with Crippen LogP contribution >= 0.6 is 0 Å². The third-order valence-electron chi connectivity index (χ3n) is 8.03. The van der Waals surface area contributed by atoms with Gasteiger partial charge in [-0.15, -0.1) is 0 Å².